The van der Waals surface area contributed by atoms with Gasteiger partial charge in [-0.3, -0.25) is 0 Å². The number of rotatable bonds is 1. The van der Waals surface area contributed by atoms with Crippen LogP contribution in [0.5, 0.6) is 0 Å². The molecule has 0 heterocycles. The molecule has 0 bridgehead atoms. The molecule has 1 aromatic carbocycles. The van der Waals surface area contributed by atoms with Gasteiger partial charge in [0.25, 0.3) is 0 Å². The summed E-state index contributed by atoms with van der Waals surface area (Å²) in [5, 5.41) is 7.58. The van der Waals surface area contributed by atoms with Crippen LogP contribution in [0, 0.1) is 17.3 Å². The first-order valence-corrected chi connectivity index (χ1v) is 4.09. The van der Waals surface area contributed by atoms with Gasteiger partial charge >= 0.3 is 0 Å². The van der Waals surface area contributed by atoms with Gasteiger partial charge in [0.05, 0.1) is 5.02 Å². The van der Waals surface area contributed by atoms with Crippen LogP contribution in [-0.4, -0.2) is 6.21 Å². The molecule has 0 radical (unpaired) electrons. The van der Waals surface area contributed by atoms with Crippen molar-refractivity contribution in [2.24, 2.45) is 0 Å². The van der Waals surface area contributed by atoms with E-state index in [-0.39, 0.29) is 0 Å². The van der Waals surface area contributed by atoms with Crippen molar-refractivity contribution in [1.82, 2.24) is 0 Å². The average Bonchev–Trinajstić information content (AvgIpc) is 2.11. The van der Waals surface area contributed by atoms with Crippen molar-refractivity contribution >= 4 is 23.5 Å². The maximum absolute atomic E-state index is 7.05. The van der Waals surface area contributed by atoms with Crippen LogP contribution in [0.4, 0.5) is 5.69 Å². The highest BCUT2D eigenvalue weighted by atomic mass is 35.5. The lowest BCUT2D eigenvalue weighted by molar-refractivity contribution is 1.53. The first-order valence-electron chi connectivity index (χ1n) is 3.71. The minimum atomic E-state index is 0.525. The maximum Gasteiger partial charge on any atom is 0.0570 e. The van der Waals surface area contributed by atoms with Crippen molar-refractivity contribution in [2.45, 2.75) is 6.92 Å². The maximum atomic E-state index is 7.05. The fraction of sp³-hybridized carbons (Fsp3) is 0.100. The summed E-state index contributed by atoms with van der Waals surface area (Å²) < 4.78 is 0. The second-order valence-corrected chi connectivity index (χ2v) is 2.89. The predicted octanol–water partition coefficient (Wildman–Crippen LogP) is 2.29. The summed E-state index contributed by atoms with van der Waals surface area (Å²) in [6.45, 7) is 1.73. The van der Waals surface area contributed by atoms with Crippen LogP contribution >= 0.6 is 11.6 Å². The Morgan fingerprint density at radius 3 is 2.77 bits per heavy atom. The minimum Gasteiger partial charge on any atom is -0.398 e. The summed E-state index contributed by atoms with van der Waals surface area (Å²) in [5.74, 6) is 5.57. The molecule has 0 aliphatic rings. The third kappa shape index (κ3) is 2.01. The largest absolute Gasteiger partial charge is 0.398 e. The third-order valence-electron chi connectivity index (χ3n) is 1.59. The zero-order chi connectivity index (χ0) is 9.84. The summed E-state index contributed by atoms with van der Waals surface area (Å²) in [6.07, 6.45) is 1.17. The van der Waals surface area contributed by atoms with Crippen LogP contribution in [0.25, 0.3) is 0 Å². The third-order valence-corrected chi connectivity index (χ3v) is 1.90. The molecule has 66 valence electrons. The molecule has 0 aliphatic carbocycles. The Labute approximate surface area is 82.2 Å². The van der Waals surface area contributed by atoms with Gasteiger partial charge in [-0.05, 0) is 19.1 Å². The SMILES string of the molecule is CC#Cc1cc(N)c(C=N)cc1Cl. The van der Waals surface area contributed by atoms with Gasteiger partial charge in [0.2, 0.25) is 0 Å². The first-order chi connectivity index (χ1) is 6.19. The van der Waals surface area contributed by atoms with Gasteiger partial charge in [0, 0.05) is 23.0 Å². The average molecular weight is 193 g/mol. The molecule has 0 spiro atoms. The molecule has 1 rings (SSSR count). The van der Waals surface area contributed by atoms with Crippen LogP contribution in [-0.2, 0) is 0 Å². The van der Waals surface area contributed by atoms with Gasteiger partial charge in [0.15, 0.2) is 0 Å². The van der Waals surface area contributed by atoms with Crippen molar-refractivity contribution in [3.63, 3.8) is 0 Å². The molecule has 0 fully saturated rings. The van der Waals surface area contributed by atoms with E-state index in [9.17, 15) is 0 Å². The Morgan fingerprint density at radius 2 is 2.23 bits per heavy atom. The Morgan fingerprint density at radius 1 is 1.54 bits per heavy atom. The molecule has 0 aromatic heterocycles. The van der Waals surface area contributed by atoms with Gasteiger partial charge in [-0.25, -0.2) is 0 Å². The lowest BCUT2D eigenvalue weighted by Gasteiger charge is -2.02. The molecule has 1 aromatic rings. The first kappa shape index (κ1) is 9.63. The Hall–Kier alpha value is -1.46. The number of nitrogen functional groups attached to an aromatic ring is 1. The van der Waals surface area contributed by atoms with Crippen LogP contribution in [0.15, 0.2) is 12.1 Å². The highest BCUT2D eigenvalue weighted by Crippen LogP contribution is 2.21. The van der Waals surface area contributed by atoms with Crippen LogP contribution in [0.3, 0.4) is 0 Å². The second-order valence-electron chi connectivity index (χ2n) is 2.48. The van der Waals surface area contributed by atoms with E-state index in [1.807, 2.05) is 0 Å². The van der Waals surface area contributed by atoms with Gasteiger partial charge in [0.1, 0.15) is 0 Å². The summed E-state index contributed by atoms with van der Waals surface area (Å²) in [6, 6.07) is 3.32. The van der Waals surface area contributed by atoms with E-state index in [1.54, 1.807) is 19.1 Å². The molecule has 2 nitrogen and oxygen atoms in total. The minimum absolute atomic E-state index is 0.525. The lowest BCUT2D eigenvalue weighted by atomic mass is 10.1. The molecule has 3 N–H and O–H groups in total. The quantitative estimate of drug-likeness (QED) is 0.400. The number of anilines is 1. The van der Waals surface area contributed by atoms with Crippen molar-refractivity contribution in [1.29, 1.82) is 5.41 Å². The standard InChI is InChI=1S/C10H9ClN2/c1-2-3-7-5-10(13)8(6-12)4-9(7)11/h4-6,12H,13H2,1H3. The molecule has 0 saturated heterocycles. The van der Waals surface area contributed by atoms with Crippen molar-refractivity contribution < 1.29 is 0 Å². The molecule has 0 aliphatic heterocycles. The van der Waals surface area contributed by atoms with E-state index >= 15 is 0 Å². The van der Waals surface area contributed by atoms with Crippen molar-refractivity contribution in [3.8, 4) is 11.8 Å². The molecule has 0 unspecified atom stereocenters. The van der Waals surface area contributed by atoms with Crippen LogP contribution < -0.4 is 5.73 Å². The van der Waals surface area contributed by atoms with E-state index in [4.69, 9.17) is 22.7 Å². The lowest BCUT2D eigenvalue weighted by Crippen LogP contribution is -1.94. The fourth-order valence-electron chi connectivity index (χ4n) is 0.961. The molecule has 0 saturated carbocycles. The number of nitrogens with two attached hydrogens (primary N) is 1. The normalized spacial score (nSPS) is 8.77. The molecule has 0 amide bonds. The zero-order valence-electron chi connectivity index (χ0n) is 7.19. The number of hydrogen-bond acceptors (Lipinski definition) is 2. The van der Waals surface area contributed by atoms with Gasteiger partial charge in [-0.15, -0.1) is 5.92 Å². The molecule has 13 heavy (non-hydrogen) atoms. The fourth-order valence-corrected chi connectivity index (χ4v) is 1.18. The van der Waals surface area contributed by atoms with E-state index in [0.717, 1.165) is 0 Å². The molecular formula is C10H9ClN2. The summed E-state index contributed by atoms with van der Waals surface area (Å²) in [7, 11) is 0. The second kappa shape index (κ2) is 3.97. The summed E-state index contributed by atoms with van der Waals surface area (Å²) >= 11 is 5.90. The predicted molar refractivity (Wildman–Crippen MR) is 56.3 cm³/mol. The van der Waals surface area contributed by atoms with E-state index < -0.39 is 0 Å². The van der Waals surface area contributed by atoms with E-state index in [1.165, 1.54) is 6.21 Å². The Balaban J connectivity index is 3.33. The van der Waals surface area contributed by atoms with Crippen LogP contribution in [0.1, 0.15) is 18.1 Å². The van der Waals surface area contributed by atoms with Gasteiger partial charge in [-0.2, -0.15) is 0 Å². The smallest absolute Gasteiger partial charge is 0.0570 e. The summed E-state index contributed by atoms with van der Waals surface area (Å²) in [5.41, 5.74) is 7.50. The Kier molecular flexibility index (Phi) is 2.94. The van der Waals surface area contributed by atoms with Crippen molar-refractivity contribution in [2.75, 3.05) is 5.73 Å². The molecule has 3 heteroatoms. The summed E-state index contributed by atoms with van der Waals surface area (Å²) in [4.78, 5) is 0. The van der Waals surface area contributed by atoms with Crippen molar-refractivity contribution in [3.05, 3.63) is 28.3 Å². The highest BCUT2D eigenvalue weighted by Gasteiger charge is 2.02. The molecular weight excluding hydrogens is 184 g/mol. The highest BCUT2D eigenvalue weighted by molar-refractivity contribution is 6.32. The topological polar surface area (TPSA) is 49.9 Å². The van der Waals surface area contributed by atoms with Gasteiger partial charge < -0.3 is 11.1 Å². The monoisotopic (exact) mass is 192 g/mol. The number of nitrogens with one attached hydrogen (secondary N) is 1. The van der Waals surface area contributed by atoms with Gasteiger partial charge in [-0.1, -0.05) is 17.5 Å². The number of hydrogen-bond donors (Lipinski definition) is 2. The zero-order valence-corrected chi connectivity index (χ0v) is 7.94. The van der Waals surface area contributed by atoms with E-state index in [0.29, 0.717) is 21.8 Å². The van der Waals surface area contributed by atoms with E-state index in [2.05, 4.69) is 11.8 Å². The van der Waals surface area contributed by atoms with Crippen LogP contribution in [0.2, 0.25) is 5.02 Å². The Bertz CT molecular complexity index is 399. The number of benzene rings is 1. The molecule has 0 atom stereocenters. The number of halogens is 1.